The number of halogens is 2. The van der Waals surface area contributed by atoms with Crippen molar-refractivity contribution >= 4 is 52.6 Å². The highest BCUT2D eigenvalue weighted by atomic mass is 35.5. The summed E-state index contributed by atoms with van der Waals surface area (Å²) in [5.41, 5.74) is 5.36. The van der Waals surface area contributed by atoms with Gasteiger partial charge in [-0.2, -0.15) is 4.68 Å². The molecule has 1 aromatic carbocycles. The summed E-state index contributed by atoms with van der Waals surface area (Å²) in [7, 11) is 0. The van der Waals surface area contributed by atoms with E-state index >= 15 is 0 Å². The maximum Gasteiger partial charge on any atom is 0.345 e. The average molecular weight is 529 g/mol. The highest BCUT2D eigenvalue weighted by Gasteiger charge is 2.18. The van der Waals surface area contributed by atoms with E-state index in [0.717, 1.165) is 28.1 Å². The number of aryl methyl sites for hydroxylation is 1. The minimum Gasteiger partial charge on any atom is -0.477 e. The third-order valence-electron chi connectivity index (χ3n) is 5.52. The molecule has 0 unspecified atom stereocenters. The topological polar surface area (TPSA) is 115 Å². The first-order valence-electron chi connectivity index (χ1n) is 10.2. The lowest BCUT2D eigenvalue weighted by molar-refractivity contribution is 0.0702. The van der Waals surface area contributed by atoms with E-state index in [1.165, 1.54) is 22.3 Å². The Balaban J connectivity index is 0.00000289. The average Bonchev–Trinajstić information content (AvgIpc) is 3.57. The van der Waals surface area contributed by atoms with Gasteiger partial charge in [0.25, 0.3) is 5.56 Å². The van der Waals surface area contributed by atoms with Crippen LogP contribution in [0.25, 0.3) is 22.4 Å². The van der Waals surface area contributed by atoms with Gasteiger partial charge >= 0.3 is 5.97 Å². The number of tetrazole rings is 1. The number of rotatable bonds is 6. The highest BCUT2D eigenvalue weighted by molar-refractivity contribution is 7.12. The Hall–Kier alpha value is -3.60. The molecule has 12 heteroatoms. The molecule has 0 amide bonds. The van der Waals surface area contributed by atoms with Gasteiger partial charge in [-0.15, -0.1) is 28.8 Å². The van der Waals surface area contributed by atoms with Gasteiger partial charge in [0.1, 0.15) is 11.2 Å². The molecule has 0 radical (unpaired) electrons. The second-order valence-electron chi connectivity index (χ2n) is 7.76. The second kappa shape index (κ2) is 9.95. The Morgan fingerprint density at radius 1 is 1.20 bits per heavy atom. The molecule has 0 saturated carbocycles. The fraction of sp³-hybridized carbons (Fsp3) is 0.130. The molecular formula is C23H18Cl2N6O3S. The number of hydrogen-bond acceptors (Lipinski definition) is 7. The van der Waals surface area contributed by atoms with Crippen molar-refractivity contribution in [2.45, 2.75) is 19.9 Å². The molecule has 0 bridgehead atoms. The van der Waals surface area contributed by atoms with Gasteiger partial charge < -0.3 is 9.67 Å². The summed E-state index contributed by atoms with van der Waals surface area (Å²) in [4.78, 5) is 29.0. The first kappa shape index (κ1) is 24.5. The van der Waals surface area contributed by atoms with Crippen LogP contribution < -0.4 is 5.56 Å². The number of allylic oxidation sites excluding steroid dienone is 1. The van der Waals surface area contributed by atoms with Crippen molar-refractivity contribution in [1.29, 1.82) is 0 Å². The largest absolute Gasteiger partial charge is 0.477 e. The third kappa shape index (κ3) is 4.95. The number of hydrogen-bond donors (Lipinski definition) is 1. The van der Waals surface area contributed by atoms with E-state index in [4.69, 9.17) is 16.7 Å². The molecule has 178 valence electrons. The molecule has 9 nitrogen and oxygen atoms in total. The molecule has 4 heterocycles. The van der Waals surface area contributed by atoms with Gasteiger partial charge in [0.2, 0.25) is 0 Å². The summed E-state index contributed by atoms with van der Waals surface area (Å²) in [5.74, 6) is -0.943. The smallest absolute Gasteiger partial charge is 0.345 e. The van der Waals surface area contributed by atoms with E-state index in [1.54, 1.807) is 41.1 Å². The van der Waals surface area contributed by atoms with Crippen molar-refractivity contribution in [3.05, 3.63) is 85.8 Å². The summed E-state index contributed by atoms with van der Waals surface area (Å²) in [6, 6.07) is 10.5. The zero-order chi connectivity index (χ0) is 23.8. The molecule has 1 aliphatic rings. The number of nitrogens with zero attached hydrogens (tertiary/aromatic N) is 6. The van der Waals surface area contributed by atoms with Crippen LogP contribution in [0.1, 0.15) is 27.3 Å². The SMILES string of the molecule is Cc1cc(-c2cc(Cl)ccc2-n2cnnn2)cc(=O)n1CC1=NC=C(c2csc(C(=O)O)c2)C1.Cl. The number of aromatic carboxylic acids is 1. The molecule has 0 aliphatic carbocycles. The first-order valence-corrected chi connectivity index (χ1v) is 11.5. The van der Waals surface area contributed by atoms with Gasteiger partial charge in [-0.25, -0.2) is 4.79 Å². The minimum atomic E-state index is -0.943. The summed E-state index contributed by atoms with van der Waals surface area (Å²) in [6.07, 6.45) is 3.78. The number of carboxylic acid groups (broad SMARTS) is 1. The van der Waals surface area contributed by atoms with E-state index in [9.17, 15) is 9.59 Å². The maximum absolute atomic E-state index is 13.1. The van der Waals surface area contributed by atoms with E-state index in [1.807, 2.05) is 18.4 Å². The van der Waals surface area contributed by atoms with Crippen molar-refractivity contribution < 1.29 is 9.90 Å². The fourth-order valence-electron chi connectivity index (χ4n) is 3.85. The molecule has 0 saturated heterocycles. The van der Waals surface area contributed by atoms with Crippen molar-refractivity contribution in [1.82, 2.24) is 24.8 Å². The highest BCUT2D eigenvalue weighted by Crippen LogP contribution is 2.30. The third-order valence-corrected chi connectivity index (χ3v) is 6.67. The van der Waals surface area contributed by atoms with E-state index in [0.29, 0.717) is 29.2 Å². The Labute approximate surface area is 214 Å². The molecule has 0 atom stereocenters. The second-order valence-corrected chi connectivity index (χ2v) is 9.10. The quantitative estimate of drug-likeness (QED) is 0.393. The molecule has 5 rings (SSSR count). The predicted octanol–water partition coefficient (Wildman–Crippen LogP) is 4.52. The number of aromatic nitrogens is 5. The Morgan fingerprint density at radius 3 is 2.71 bits per heavy atom. The minimum absolute atomic E-state index is 0. The van der Waals surface area contributed by atoms with Gasteiger partial charge in [0.15, 0.2) is 0 Å². The molecule has 3 aromatic heterocycles. The van der Waals surface area contributed by atoms with Crippen LogP contribution in [0.15, 0.2) is 64.1 Å². The predicted molar refractivity (Wildman–Crippen MR) is 137 cm³/mol. The van der Waals surface area contributed by atoms with Crippen LogP contribution in [-0.2, 0) is 6.54 Å². The lowest BCUT2D eigenvalue weighted by Crippen LogP contribution is -2.25. The number of aliphatic imine (C=N–C) groups is 1. The molecule has 0 fully saturated rings. The Kier molecular flexibility index (Phi) is 6.97. The van der Waals surface area contributed by atoms with Gasteiger partial charge in [-0.05, 0) is 69.8 Å². The number of carbonyl (C=O) groups is 1. The number of thiophene rings is 1. The van der Waals surface area contributed by atoms with Gasteiger partial charge in [-0.3, -0.25) is 9.79 Å². The lowest BCUT2D eigenvalue weighted by atomic mass is 10.0. The Morgan fingerprint density at radius 2 is 2.03 bits per heavy atom. The zero-order valence-electron chi connectivity index (χ0n) is 18.3. The van der Waals surface area contributed by atoms with Crippen LogP contribution in [0, 0.1) is 6.92 Å². The summed E-state index contributed by atoms with van der Waals surface area (Å²) >= 11 is 7.42. The first-order chi connectivity index (χ1) is 16.4. The monoisotopic (exact) mass is 528 g/mol. The van der Waals surface area contributed by atoms with Crippen LogP contribution in [0.2, 0.25) is 5.02 Å². The van der Waals surface area contributed by atoms with Crippen LogP contribution >= 0.6 is 35.3 Å². The van der Waals surface area contributed by atoms with Crippen molar-refractivity contribution in [3.63, 3.8) is 0 Å². The summed E-state index contributed by atoms with van der Waals surface area (Å²) in [5, 5.41) is 22.8. The summed E-state index contributed by atoms with van der Waals surface area (Å²) in [6.45, 7) is 2.21. The number of carboxylic acids is 1. The lowest BCUT2D eigenvalue weighted by Gasteiger charge is -2.14. The van der Waals surface area contributed by atoms with E-state index < -0.39 is 5.97 Å². The molecule has 35 heavy (non-hydrogen) atoms. The standard InChI is InChI=1S/C23H17ClN6O3S.ClH/c1-13-4-14(19-8-17(24)2-3-20(19)30-12-26-27-28-30)7-22(31)29(13)10-18-5-15(9-25-18)16-6-21(23(32)33)34-11-16;/h2-4,6-9,11-12H,5,10H2,1H3,(H,32,33);1H. The van der Waals surface area contributed by atoms with Crippen molar-refractivity contribution in [2.24, 2.45) is 4.99 Å². The Bertz CT molecular complexity index is 1540. The van der Waals surface area contributed by atoms with Crippen molar-refractivity contribution in [3.8, 4) is 16.8 Å². The van der Waals surface area contributed by atoms with Crippen LogP contribution in [0.5, 0.6) is 0 Å². The number of pyridine rings is 1. The summed E-state index contributed by atoms with van der Waals surface area (Å²) < 4.78 is 3.18. The fourth-order valence-corrected chi connectivity index (χ4v) is 4.79. The normalized spacial score (nSPS) is 12.7. The van der Waals surface area contributed by atoms with Gasteiger partial charge in [0, 0.05) is 40.7 Å². The van der Waals surface area contributed by atoms with E-state index in [-0.39, 0.29) is 22.8 Å². The zero-order valence-corrected chi connectivity index (χ0v) is 20.6. The van der Waals surface area contributed by atoms with Crippen LogP contribution in [0.4, 0.5) is 0 Å². The number of benzene rings is 1. The molecular weight excluding hydrogens is 511 g/mol. The van der Waals surface area contributed by atoms with Gasteiger partial charge in [-0.1, -0.05) is 11.6 Å². The molecule has 0 spiro atoms. The van der Waals surface area contributed by atoms with Crippen molar-refractivity contribution in [2.75, 3.05) is 0 Å². The molecule has 1 N–H and O–H groups in total. The molecule has 1 aliphatic heterocycles. The van der Waals surface area contributed by atoms with Crippen LogP contribution in [0.3, 0.4) is 0 Å². The maximum atomic E-state index is 13.1. The van der Waals surface area contributed by atoms with Gasteiger partial charge in [0.05, 0.1) is 12.2 Å². The van der Waals surface area contributed by atoms with E-state index in [2.05, 4.69) is 20.5 Å². The van der Waals surface area contributed by atoms with Crippen LogP contribution in [-0.4, -0.2) is 41.6 Å². The molecule has 4 aromatic rings.